The van der Waals surface area contributed by atoms with E-state index in [1.165, 1.54) is 0 Å². The third-order valence-corrected chi connectivity index (χ3v) is 6.74. The summed E-state index contributed by atoms with van der Waals surface area (Å²) in [7, 11) is 1.85. The lowest BCUT2D eigenvalue weighted by atomic mass is 10.2. The number of nitrogens with one attached hydrogen (secondary N) is 2. The van der Waals surface area contributed by atoms with Crippen molar-refractivity contribution < 1.29 is 14.3 Å². The maximum atomic E-state index is 12.7. The lowest BCUT2D eigenvalue weighted by molar-refractivity contribution is -0.126. The number of pyridine rings is 1. The number of benzene rings is 3. The fourth-order valence-corrected chi connectivity index (χ4v) is 4.51. The van der Waals surface area contributed by atoms with Crippen LogP contribution < -0.4 is 20.3 Å². The number of hydrogen-bond acceptors (Lipinski definition) is 5. The maximum Gasteiger partial charge on any atom is 0.323 e. The number of hydrogen-bond donors (Lipinski definition) is 2. The molecule has 8 heteroatoms. The first-order valence-electron chi connectivity index (χ1n) is 13.1. The number of ether oxygens (including phenoxy) is 1. The Morgan fingerprint density at radius 3 is 2.25 bits per heavy atom. The normalized spacial score (nSPS) is 14.6. The molecule has 2 N–H and O–H groups in total. The standard InChI is InChI=1S/C32H31N5O3/c1-36(31(38)18-9-24-6-5-20-33-22-24)28-19-21-37(23-28)27-14-10-25(11-15-27)34-32(39)35-26-12-16-30(17-13-26)40-29-7-3-2-4-8-29/h2-18,20,22,28H,19,21,23H2,1H3,(H2,34,35,39). The van der Waals surface area contributed by atoms with E-state index in [9.17, 15) is 9.59 Å². The summed E-state index contributed by atoms with van der Waals surface area (Å²) in [5.74, 6) is 1.41. The number of urea groups is 1. The molecule has 0 bridgehead atoms. The Morgan fingerprint density at radius 1 is 0.900 bits per heavy atom. The minimum absolute atomic E-state index is 0.0281. The molecule has 2 heterocycles. The van der Waals surface area contributed by atoms with E-state index in [0.29, 0.717) is 17.1 Å². The molecule has 3 aromatic carbocycles. The number of likely N-dealkylation sites (N-methyl/N-ethyl adjacent to an activating group) is 1. The molecular weight excluding hydrogens is 502 g/mol. The highest BCUT2D eigenvalue weighted by Crippen LogP contribution is 2.25. The van der Waals surface area contributed by atoms with Gasteiger partial charge in [0.05, 0.1) is 6.04 Å². The first-order valence-corrected chi connectivity index (χ1v) is 13.1. The van der Waals surface area contributed by atoms with Gasteiger partial charge in [0.2, 0.25) is 5.91 Å². The van der Waals surface area contributed by atoms with E-state index in [0.717, 1.165) is 36.5 Å². The van der Waals surface area contributed by atoms with Crippen LogP contribution in [0.3, 0.4) is 0 Å². The molecule has 5 rings (SSSR count). The number of rotatable bonds is 8. The highest BCUT2D eigenvalue weighted by Gasteiger charge is 2.27. The molecule has 3 amide bonds. The number of amides is 3. The van der Waals surface area contributed by atoms with Crippen molar-refractivity contribution in [2.75, 3.05) is 35.7 Å². The minimum atomic E-state index is -0.329. The molecule has 1 atom stereocenters. The van der Waals surface area contributed by atoms with Crippen LogP contribution in [0.5, 0.6) is 11.5 Å². The maximum absolute atomic E-state index is 12.7. The second-order valence-electron chi connectivity index (χ2n) is 9.52. The van der Waals surface area contributed by atoms with Gasteiger partial charge in [0.15, 0.2) is 0 Å². The second kappa shape index (κ2) is 12.6. The van der Waals surface area contributed by atoms with E-state index in [-0.39, 0.29) is 18.0 Å². The molecule has 1 unspecified atom stereocenters. The lowest BCUT2D eigenvalue weighted by Gasteiger charge is -2.24. The molecule has 0 aliphatic carbocycles. The van der Waals surface area contributed by atoms with E-state index in [4.69, 9.17) is 4.74 Å². The van der Waals surface area contributed by atoms with Gasteiger partial charge in [0.1, 0.15) is 11.5 Å². The molecule has 202 valence electrons. The molecule has 0 radical (unpaired) electrons. The average molecular weight is 534 g/mol. The molecule has 1 aliphatic rings. The molecule has 4 aromatic rings. The topological polar surface area (TPSA) is 86.8 Å². The summed E-state index contributed by atoms with van der Waals surface area (Å²) in [4.78, 5) is 33.3. The van der Waals surface area contributed by atoms with E-state index in [1.807, 2.05) is 85.9 Å². The lowest BCUT2D eigenvalue weighted by Crippen LogP contribution is -2.38. The monoisotopic (exact) mass is 533 g/mol. The highest BCUT2D eigenvalue weighted by molar-refractivity contribution is 5.99. The molecule has 1 fully saturated rings. The fraction of sp³-hybridized carbons (Fsp3) is 0.156. The van der Waals surface area contributed by atoms with Crippen LogP contribution in [0.2, 0.25) is 0 Å². The Bertz CT molecular complexity index is 1440. The summed E-state index contributed by atoms with van der Waals surface area (Å²) in [6.07, 6.45) is 7.70. The van der Waals surface area contributed by atoms with Gasteiger partial charge in [-0.3, -0.25) is 9.78 Å². The molecular formula is C32H31N5O3. The van der Waals surface area contributed by atoms with Gasteiger partial charge in [-0.25, -0.2) is 4.79 Å². The van der Waals surface area contributed by atoms with Crippen LogP contribution in [-0.2, 0) is 4.79 Å². The summed E-state index contributed by atoms with van der Waals surface area (Å²) in [5.41, 5.74) is 3.29. The number of anilines is 3. The Kier molecular flexibility index (Phi) is 8.36. The second-order valence-corrected chi connectivity index (χ2v) is 9.52. The van der Waals surface area contributed by atoms with Gasteiger partial charge in [-0.15, -0.1) is 0 Å². The number of carbonyl (C=O) groups is 2. The first-order chi connectivity index (χ1) is 19.5. The Hall–Kier alpha value is -5.11. The molecule has 40 heavy (non-hydrogen) atoms. The Morgan fingerprint density at radius 2 is 1.57 bits per heavy atom. The Labute approximate surface area is 233 Å². The number of para-hydroxylation sites is 1. The van der Waals surface area contributed by atoms with Gasteiger partial charge >= 0.3 is 6.03 Å². The fourth-order valence-electron chi connectivity index (χ4n) is 4.51. The average Bonchev–Trinajstić information content (AvgIpc) is 3.48. The molecule has 8 nitrogen and oxygen atoms in total. The van der Waals surface area contributed by atoms with Gasteiger partial charge in [0.25, 0.3) is 0 Å². The summed E-state index contributed by atoms with van der Waals surface area (Å²) >= 11 is 0. The largest absolute Gasteiger partial charge is 0.457 e. The third-order valence-electron chi connectivity index (χ3n) is 6.74. The van der Waals surface area contributed by atoms with E-state index in [1.54, 1.807) is 41.6 Å². The van der Waals surface area contributed by atoms with E-state index in [2.05, 4.69) is 20.5 Å². The van der Waals surface area contributed by atoms with Crippen LogP contribution >= 0.6 is 0 Å². The van der Waals surface area contributed by atoms with Crippen molar-refractivity contribution in [3.63, 3.8) is 0 Å². The zero-order valence-electron chi connectivity index (χ0n) is 22.2. The molecule has 0 spiro atoms. The van der Waals surface area contributed by atoms with Crippen LogP contribution in [0, 0.1) is 0 Å². The van der Waals surface area contributed by atoms with Crippen LogP contribution in [0.1, 0.15) is 12.0 Å². The molecule has 1 aliphatic heterocycles. The Balaban J connectivity index is 1.09. The van der Waals surface area contributed by atoms with Crippen LogP contribution in [0.15, 0.2) is 109 Å². The van der Waals surface area contributed by atoms with Gasteiger partial charge < -0.3 is 25.2 Å². The first kappa shape index (κ1) is 26.5. The van der Waals surface area contributed by atoms with Gasteiger partial charge in [-0.2, -0.15) is 0 Å². The van der Waals surface area contributed by atoms with Crippen LogP contribution in [-0.4, -0.2) is 48.0 Å². The van der Waals surface area contributed by atoms with Gasteiger partial charge in [-0.1, -0.05) is 24.3 Å². The van der Waals surface area contributed by atoms with Gasteiger partial charge in [-0.05, 0) is 84.8 Å². The quantitative estimate of drug-likeness (QED) is 0.261. The minimum Gasteiger partial charge on any atom is -0.457 e. The van der Waals surface area contributed by atoms with E-state index < -0.39 is 0 Å². The third kappa shape index (κ3) is 7.05. The van der Waals surface area contributed by atoms with Crippen LogP contribution in [0.25, 0.3) is 6.08 Å². The van der Waals surface area contributed by atoms with Crippen molar-refractivity contribution in [3.05, 3.63) is 115 Å². The van der Waals surface area contributed by atoms with E-state index >= 15 is 0 Å². The molecule has 0 saturated carbocycles. The van der Waals surface area contributed by atoms with Crippen molar-refractivity contribution in [1.29, 1.82) is 0 Å². The molecule has 1 saturated heterocycles. The summed E-state index contributed by atoms with van der Waals surface area (Å²) in [6.45, 7) is 1.60. The predicted molar refractivity (Wildman–Crippen MR) is 159 cm³/mol. The predicted octanol–water partition coefficient (Wildman–Crippen LogP) is 6.27. The van der Waals surface area contributed by atoms with Crippen molar-refractivity contribution in [2.45, 2.75) is 12.5 Å². The van der Waals surface area contributed by atoms with Gasteiger partial charge in [0, 0.05) is 55.7 Å². The zero-order chi connectivity index (χ0) is 27.7. The highest BCUT2D eigenvalue weighted by atomic mass is 16.5. The van der Waals surface area contributed by atoms with Crippen molar-refractivity contribution in [2.24, 2.45) is 0 Å². The summed E-state index contributed by atoms with van der Waals surface area (Å²) < 4.78 is 5.79. The van der Waals surface area contributed by atoms with Crippen molar-refractivity contribution >= 4 is 35.1 Å². The number of carbonyl (C=O) groups excluding carboxylic acids is 2. The van der Waals surface area contributed by atoms with Crippen molar-refractivity contribution in [1.82, 2.24) is 9.88 Å². The summed E-state index contributed by atoms with van der Waals surface area (Å²) in [6, 6.07) is 28.0. The van der Waals surface area contributed by atoms with Crippen LogP contribution in [0.4, 0.5) is 21.9 Å². The SMILES string of the molecule is CN(C(=O)C=Cc1cccnc1)C1CCN(c2ccc(NC(=O)Nc3ccc(Oc4ccccc4)cc3)cc2)C1. The summed E-state index contributed by atoms with van der Waals surface area (Å²) in [5, 5.41) is 5.71. The molecule has 1 aromatic heterocycles. The van der Waals surface area contributed by atoms with Crippen molar-refractivity contribution in [3.8, 4) is 11.5 Å². The smallest absolute Gasteiger partial charge is 0.323 e. The number of nitrogens with zero attached hydrogens (tertiary/aromatic N) is 3. The zero-order valence-corrected chi connectivity index (χ0v) is 22.2. The number of aromatic nitrogens is 1.